The highest BCUT2D eigenvalue weighted by molar-refractivity contribution is 14.1. The number of allylic oxidation sites excluding steroid dienone is 1. The van der Waals surface area contributed by atoms with Gasteiger partial charge < -0.3 is 26.3 Å². The lowest BCUT2D eigenvalue weighted by molar-refractivity contribution is -0.126. The maximum absolute atomic E-state index is 12.7. The molecule has 0 N–H and O–H groups in total. The standard InChI is InChI=1S/C23H40OSi2.C19H33F3O4SSi.C18H31IOSi.C18H34O2Si.C18H32OSi/c1-22(2,3)26(8,9)24-21-14-12-17-23(4)19(15-16-20(21)23)13-10-11-18-25(5,6)7;1-13(25-27(23,24)19(20,21)22)14-10-11-15-16(9-8-12-18(14,15)5)26-28(6,7)17(2,3)4;1-17(2,3)21(5,6)20-16-8-7-12-18(4)14(11-13-19)9-10-15(16)18;1-13(19)14-10-11-15-16(9-8-12-18(14,15)5)20-21(6,7)17(2,3)4;1-8-14-11-12-15-16(10-9-13-18(14,15)5)19-20(6,7)17(2,3)4/h19-21H,12,14-17H2,1-9H3;14-16H,1,8-12H2,2-7H3;14-16H,7-10,12H2,1-6H3;14-16H,8-12H2,1-7H3;1,14-16H,9-13H2,2-7H3/t19-,20?,21-,23+;3*14-,15?,16+,18-;14-,15?,16-,18+/m01110/s1. The molecule has 0 aliphatic heterocycles. The van der Waals surface area contributed by atoms with Crippen molar-refractivity contribution in [3.63, 3.8) is 0 Å². The van der Waals surface area contributed by atoms with Gasteiger partial charge in [0.05, 0.1) is 0 Å². The van der Waals surface area contributed by atoms with Crippen LogP contribution in [0, 0.1) is 132 Å². The van der Waals surface area contributed by atoms with Gasteiger partial charge in [0.2, 0.25) is 0 Å². The molecule has 9 nitrogen and oxygen atoms in total. The lowest BCUT2D eigenvalue weighted by atomic mass is 9.63. The van der Waals surface area contributed by atoms with Crippen molar-refractivity contribution in [2.75, 3.05) is 0 Å². The Bertz CT molecular complexity index is 3700. The highest BCUT2D eigenvalue weighted by Crippen LogP contribution is 2.64. The number of alkyl halides is 3. The number of terminal acetylenes is 1. The summed E-state index contributed by atoms with van der Waals surface area (Å²) in [6.45, 7) is 82.0. The summed E-state index contributed by atoms with van der Waals surface area (Å²) < 4.78 is 102. The lowest BCUT2D eigenvalue weighted by Crippen LogP contribution is -2.50. The number of hydrogen-bond donors (Lipinski definition) is 0. The van der Waals surface area contributed by atoms with E-state index in [1.54, 1.807) is 6.92 Å². The molecule has 10 aliphatic rings. The van der Waals surface area contributed by atoms with Gasteiger partial charge in [-0.25, -0.2) is 0 Å². The molecule has 0 aromatic rings. The quantitative estimate of drug-likeness (QED) is 0.0420. The van der Waals surface area contributed by atoms with E-state index < -0.39 is 71.2 Å². The van der Waals surface area contributed by atoms with Gasteiger partial charge >= 0.3 is 15.6 Å². The Balaban J connectivity index is 0.000000227. The van der Waals surface area contributed by atoms with E-state index in [-0.39, 0.29) is 49.6 Å². The summed E-state index contributed by atoms with van der Waals surface area (Å²) in [5.41, 5.74) is -1.20. The van der Waals surface area contributed by atoms with Crippen LogP contribution in [0.1, 0.15) is 306 Å². The Morgan fingerprint density at radius 1 is 0.405 bits per heavy atom. The first kappa shape index (κ1) is 104. The number of Topliss-reactive ketones (excluding diaryl/α,β-unsaturated/α-hetero) is 1. The molecule has 0 heterocycles. The van der Waals surface area contributed by atoms with Gasteiger partial charge in [-0.2, -0.15) is 21.6 Å². The Kier molecular flexibility index (Phi) is 33.9. The Morgan fingerprint density at radius 3 is 0.940 bits per heavy atom. The van der Waals surface area contributed by atoms with E-state index in [1.807, 2.05) is 6.92 Å². The number of halogens is 4. The number of ketones is 1. The number of rotatable bonds is 14. The summed E-state index contributed by atoms with van der Waals surface area (Å²) in [6.07, 6.45) is 36.5. The summed E-state index contributed by atoms with van der Waals surface area (Å²) in [6, 6.07) is 0. The first-order chi connectivity index (χ1) is 52.4. The molecule has 0 spiro atoms. The summed E-state index contributed by atoms with van der Waals surface area (Å²) in [5, 5.41) is 1.21. The minimum Gasteiger partial charge on any atom is -0.414 e. The minimum absolute atomic E-state index is 0.0386. The fourth-order valence-electron chi connectivity index (χ4n) is 21.7. The summed E-state index contributed by atoms with van der Waals surface area (Å²) >= 11 is 2.20. The van der Waals surface area contributed by atoms with Crippen molar-refractivity contribution < 1.29 is 52.7 Å². The Hall–Kier alpha value is -0.979. The highest BCUT2D eigenvalue weighted by atomic mass is 127. The summed E-state index contributed by atoms with van der Waals surface area (Å²) in [7, 11) is -15.8. The normalized spacial score (nSPS) is 35.0. The third kappa shape index (κ3) is 23.8. The molecule has 0 amide bonds. The van der Waals surface area contributed by atoms with E-state index >= 15 is 0 Å². The van der Waals surface area contributed by atoms with Crippen LogP contribution >= 0.6 is 22.6 Å². The molecule has 0 saturated heterocycles. The second-order valence-corrected chi connectivity index (χ2v) is 78.6. The van der Waals surface area contributed by atoms with Gasteiger partial charge in [-0.15, -0.1) is 17.9 Å². The molecular formula is C96H170F3IO9SSi6. The molecule has 0 bridgehead atoms. The SMILES string of the molecule is C#C[C@H]1CCC2[C@@H](O[Si](C)(C)C(C)(C)C)CCC[C@@]21C.C=C(OS(=O)(=O)C(F)(F)F)[C@H]1CCC2[C@@H](O[Si](C)(C)C(C)(C)C)CCC[C@@]21C.CC(=O)[C@H]1CCC2[C@@H](O[Si](C)(C)C(C)(C)C)CCC[C@@]21C.CC(C)(C)[Si](C)(C)O[C@H]1CCC[C@@]2(C)C1CC[C@@H]2C#CC#C[Si](C)(C)C.CC(C)(C)[Si](C)(C)O[C@H]1CCC[C@@]2(C)C1CC[C@@H]2C#CI. The van der Waals surface area contributed by atoms with E-state index in [9.17, 15) is 26.4 Å². The summed E-state index contributed by atoms with van der Waals surface area (Å²) in [4.78, 5) is 12.0. The van der Waals surface area contributed by atoms with Gasteiger partial charge in [0.1, 0.15) is 19.6 Å². The van der Waals surface area contributed by atoms with E-state index in [2.05, 4.69) is 289 Å². The molecule has 666 valence electrons. The molecule has 10 aliphatic carbocycles. The maximum atomic E-state index is 12.7. The average Bonchev–Trinajstić information content (AvgIpc) is 1.59. The molecule has 5 unspecified atom stereocenters. The van der Waals surface area contributed by atoms with Crippen LogP contribution in [-0.2, 0) is 41.2 Å². The second-order valence-electron chi connectivity index (χ2n) is 48.0. The van der Waals surface area contributed by atoms with Gasteiger partial charge in [0.15, 0.2) is 41.6 Å². The highest BCUT2D eigenvalue weighted by Gasteiger charge is 2.61. The van der Waals surface area contributed by atoms with Crippen molar-refractivity contribution in [1.82, 2.24) is 0 Å². The molecule has 10 saturated carbocycles. The van der Waals surface area contributed by atoms with Crippen molar-refractivity contribution in [3.8, 4) is 45.5 Å². The predicted octanol–water partition coefficient (Wildman–Crippen LogP) is 28.8. The van der Waals surface area contributed by atoms with Crippen LogP contribution in [0.3, 0.4) is 0 Å². The van der Waals surface area contributed by atoms with Crippen molar-refractivity contribution in [2.24, 2.45) is 86.3 Å². The molecule has 116 heavy (non-hydrogen) atoms. The first-order valence-electron chi connectivity index (χ1n) is 45.6. The number of carbonyl (C=O) groups is 1. The molecule has 20 heteroatoms. The molecule has 0 aromatic carbocycles. The smallest absolute Gasteiger partial charge is 0.414 e. The van der Waals surface area contributed by atoms with Gasteiger partial charge in [-0.05, 0) is 298 Å². The third-order valence-corrected chi connectivity index (χ3v) is 58.8. The van der Waals surface area contributed by atoms with Crippen LogP contribution in [0.25, 0.3) is 0 Å². The monoisotopic (exact) mass is 1850 g/mol. The zero-order chi connectivity index (χ0) is 88.7. The zero-order valence-electron chi connectivity index (χ0n) is 80.2. The summed E-state index contributed by atoms with van der Waals surface area (Å²) in [5.74, 6) is 20.8. The van der Waals surface area contributed by atoms with Crippen molar-refractivity contribution >= 4 is 88.2 Å². The molecule has 0 aromatic heterocycles. The van der Waals surface area contributed by atoms with Crippen molar-refractivity contribution in [2.45, 2.75) is 452 Å². The molecular weight excluding hydrogens is 1680 g/mol. The number of carbonyl (C=O) groups excluding carboxylic acids is 1. The van der Waals surface area contributed by atoms with Gasteiger partial charge in [-0.1, -0.05) is 209 Å². The van der Waals surface area contributed by atoms with Crippen LogP contribution in [0.5, 0.6) is 0 Å². The maximum Gasteiger partial charge on any atom is 0.534 e. The molecule has 0 radical (unpaired) electrons. The Morgan fingerprint density at radius 2 is 0.664 bits per heavy atom. The fourth-order valence-corrected chi connectivity index (χ4v) is 29.9. The van der Waals surface area contributed by atoms with E-state index in [1.165, 1.54) is 122 Å². The number of fused-ring (bicyclic) bond motifs is 5. The van der Waals surface area contributed by atoms with E-state index in [0.717, 1.165) is 38.0 Å². The predicted molar refractivity (Wildman–Crippen MR) is 507 cm³/mol. The number of hydrogen-bond acceptors (Lipinski definition) is 9. The van der Waals surface area contributed by atoms with Crippen LogP contribution in [0.15, 0.2) is 12.3 Å². The molecule has 10 fully saturated rings. The lowest BCUT2D eigenvalue weighted by Gasteiger charge is -2.49. The molecule has 20 atom stereocenters. The average molecular weight is 1850 g/mol. The second kappa shape index (κ2) is 37.9. The van der Waals surface area contributed by atoms with Crippen LogP contribution in [0.2, 0.25) is 110 Å². The van der Waals surface area contributed by atoms with Gasteiger partial charge in [0, 0.05) is 82.7 Å². The third-order valence-electron chi connectivity index (χ3n) is 34.1. The van der Waals surface area contributed by atoms with Crippen LogP contribution < -0.4 is 0 Å². The first-order valence-corrected chi connectivity index (χ1v) is 66.1. The van der Waals surface area contributed by atoms with Crippen molar-refractivity contribution in [3.05, 3.63) is 12.3 Å². The molecule has 10 rings (SSSR count). The topological polar surface area (TPSA) is 107 Å². The van der Waals surface area contributed by atoms with Gasteiger partial charge in [0.25, 0.3) is 0 Å². The Labute approximate surface area is 731 Å². The minimum atomic E-state index is -5.68. The largest absolute Gasteiger partial charge is 0.534 e. The van der Waals surface area contributed by atoms with Crippen LogP contribution in [-0.4, -0.2) is 99.9 Å². The van der Waals surface area contributed by atoms with Crippen LogP contribution in [0.4, 0.5) is 13.2 Å². The van der Waals surface area contributed by atoms with Crippen molar-refractivity contribution in [1.29, 1.82) is 0 Å². The zero-order valence-corrected chi connectivity index (χ0v) is 89.2. The fraction of sp³-hybridized carbons (Fsp3) is 0.885. The van der Waals surface area contributed by atoms with E-state index in [4.69, 9.17) is 28.6 Å². The van der Waals surface area contributed by atoms with E-state index in [0.29, 0.717) is 98.4 Å². The van der Waals surface area contributed by atoms with Gasteiger partial charge in [-0.3, -0.25) is 4.79 Å².